The lowest BCUT2D eigenvalue weighted by molar-refractivity contribution is 0.0525. The highest BCUT2D eigenvalue weighted by Gasteiger charge is 2.18. The van der Waals surface area contributed by atoms with E-state index in [9.17, 15) is 4.79 Å². The summed E-state index contributed by atoms with van der Waals surface area (Å²) in [5.41, 5.74) is 3.31. The van der Waals surface area contributed by atoms with Gasteiger partial charge in [-0.15, -0.1) is 0 Å². The third-order valence-electron chi connectivity index (χ3n) is 2.96. The Labute approximate surface area is 104 Å². The van der Waals surface area contributed by atoms with Crippen LogP contribution in [-0.2, 0) is 17.6 Å². The van der Waals surface area contributed by atoms with E-state index in [-0.39, 0.29) is 5.97 Å². The molecule has 0 heterocycles. The molecule has 0 unspecified atom stereocenters. The molecule has 1 aromatic carbocycles. The van der Waals surface area contributed by atoms with Gasteiger partial charge in [0.25, 0.3) is 0 Å². The summed E-state index contributed by atoms with van der Waals surface area (Å²) in [5.74, 6) is -0.234. The van der Waals surface area contributed by atoms with Crippen LogP contribution in [0.25, 0.3) is 0 Å². The first-order valence-electron chi connectivity index (χ1n) is 5.71. The Morgan fingerprint density at radius 1 is 1.38 bits per heavy atom. The average molecular weight is 283 g/mol. The van der Waals surface area contributed by atoms with Crippen molar-refractivity contribution < 1.29 is 9.53 Å². The zero-order valence-corrected chi connectivity index (χ0v) is 11.0. The van der Waals surface area contributed by atoms with Gasteiger partial charge in [-0.2, -0.15) is 0 Å². The Morgan fingerprint density at radius 3 is 2.88 bits per heavy atom. The van der Waals surface area contributed by atoms with Crippen molar-refractivity contribution in [2.45, 2.75) is 32.6 Å². The van der Waals surface area contributed by atoms with Crippen LogP contribution in [0.3, 0.4) is 0 Å². The third kappa shape index (κ3) is 2.14. The molecule has 0 radical (unpaired) electrons. The fourth-order valence-electron chi connectivity index (χ4n) is 2.15. The highest BCUT2D eigenvalue weighted by Crippen LogP contribution is 2.31. The number of carbonyl (C=O) groups excluding carboxylic acids is 1. The first-order chi connectivity index (χ1) is 7.74. The lowest BCUT2D eigenvalue weighted by atomic mass is 9.90. The van der Waals surface area contributed by atoms with Crippen LogP contribution in [0.4, 0.5) is 0 Å². The summed E-state index contributed by atoms with van der Waals surface area (Å²) < 4.78 is 5.96. The van der Waals surface area contributed by atoms with Gasteiger partial charge in [-0.05, 0) is 65.7 Å². The summed E-state index contributed by atoms with van der Waals surface area (Å²) in [4.78, 5) is 11.7. The maximum absolute atomic E-state index is 11.7. The topological polar surface area (TPSA) is 26.3 Å². The number of aryl methyl sites for hydroxylation is 1. The molecule has 1 aliphatic rings. The normalized spacial score (nSPS) is 14.4. The Bertz CT molecular complexity index is 413. The summed E-state index contributed by atoms with van der Waals surface area (Å²) in [6.07, 6.45) is 4.64. The van der Waals surface area contributed by atoms with Gasteiger partial charge < -0.3 is 4.74 Å². The van der Waals surface area contributed by atoms with Crippen molar-refractivity contribution in [3.05, 3.63) is 33.3 Å². The predicted octanol–water partition coefficient (Wildman–Crippen LogP) is 3.50. The Balaban J connectivity index is 2.37. The zero-order chi connectivity index (χ0) is 11.5. The summed E-state index contributed by atoms with van der Waals surface area (Å²) in [5, 5.41) is 0. The number of carbonyl (C=O) groups is 1. The first kappa shape index (κ1) is 11.6. The van der Waals surface area contributed by atoms with Crippen LogP contribution in [-0.4, -0.2) is 12.6 Å². The number of ether oxygens (including phenoxy) is 1. The summed E-state index contributed by atoms with van der Waals surface area (Å²) >= 11 is 3.54. The van der Waals surface area contributed by atoms with Crippen molar-refractivity contribution >= 4 is 21.9 Å². The van der Waals surface area contributed by atoms with E-state index in [1.807, 2.05) is 13.0 Å². The highest BCUT2D eigenvalue weighted by molar-refractivity contribution is 9.10. The fraction of sp³-hybridized carbons (Fsp3) is 0.462. The summed E-state index contributed by atoms with van der Waals surface area (Å²) in [7, 11) is 0. The molecule has 2 rings (SSSR count). The van der Waals surface area contributed by atoms with E-state index in [2.05, 4.69) is 22.0 Å². The van der Waals surface area contributed by atoms with Crippen LogP contribution in [0.2, 0.25) is 0 Å². The maximum Gasteiger partial charge on any atom is 0.339 e. The van der Waals surface area contributed by atoms with Gasteiger partial charge in [0.05, 0.1) is 12.2 Å². The molecule has 1 aromatic rings. The molecule has 0 fully saturated rings. The van der Waals surface area contributed by atoms with E-state index in [0.29, 0.717) is 12.2 Å². The van der Waals surface area contributed by atoms with E-state index >= 15 is 0 Å². The average Bonchev–Trinajstić information content (AvgIpc) is 2.30. The predicted molar refractivity (Wildman–Crippen MR) is 66.7 cm³/mol. The number of benzene rings is 1. The van der Waals surface area contributed by atoms with Crippen LogP contribution in [0.1, 0.15) is 41.3 Å². The van der Waals surface area contributed by atoms with E-state index in [4.69, 9.17) is 4.74 Å². The lowest BCUT2D eigenvalue weighted by Crippen LogP contribution is -2.10. The third-order valence-corrected chi connectivity index (χ3v) is 3.86. The van der Waals surface area contributed by atoms with Gasteiger partial charge in [-0.25, -0.2) is 4.79 Å². The van der Waals surface area contributed by atoms with Crippen LogP contribution in [0, 0.1) is 0 Å². The molecular weight excluding hydrogens is 268 g/mol. The molecule has 0 amide bonds. The molecule has 0 saturated carbocycles. The standard InChI is InChI=1S/C13H15BrO2/c1-2-16-13(15)11-8-7-9-5-3-4-6-10(9)12(11)14/h7-8H,2-6H2,1H3. The minimum absolute atomic E-state index is 0.234. The maximum atomic E-state index is 11.7. The molecule has 1 aliphatic carbocycles. The van der Waals surface area contributed by atoms with E-state index in [1.165, 1.54) is 24.0 Å². The quantitative estimate of drug-likeness (QED) is 0.776. The van der Waals surface area contributed by atoms with Gasteiger partial charge in [0, 0.05) is 4.47 Å². The zero-order valence-electron chi connectivity index (χ0n) is 9.38. The largest absolute Gasteiger partial charge is 0.462 e. The van der Waals surface area contributed by atoms with Crippen LogP contribution < -0.4 is 0 Å². The van der Waals surface area contributed by atoms with Crippen molar-refractivity contribution in [2.75, 3.05) is 6.61 Å². The molecule has 2 nitrogen and oxygen atoms in total. The number of rotatable bonds is 2. The Morgan fingerprint density at radius 2 is 2.12 bits per heavy atom. The smallest absolute Gasteiger partial charge is 0.339 e. The fourth-order valence-corrected chi connectivity index (χ4v) is 2.90. The lowest BCUT2D eigenvalue weighted by Gasteiger charge is -2.18. The Hall–Kier alpha value is -0.830. The van der Waals surface area contributed by atoms with Crippen molar-refractivity contribution in [3.63, 3.8) is 0 Å². The van der Waals surface area contributed by atoms with Gasteiger partial charge in [0.1, 0.15) is 0 Å². The highest BCUT2D eigenvalue weighted by atomic mass is 79.9. The molecule has 0 aromatic heterocycles. The van der Waals surface area contributed by atoms with E-state index in [0.717, 1.165) is 17.3 Å². The molecule has 0 spiro atoms. The van der Waals surface area contributed by atoms with Gasteiger partial charge >= 0.3 is 5.97 Å². The summed E-state index contributed by atoms with van der Waals surface area (Å²) in [6.45, 7) is 2.24. The molecule has 0 N–H and O–H groups in total. The molecule has 0 bridgehead atoms. The van der Waals surface area contributed by atoms with Crippen LogP contribution >= 0.6 is 15.9 Å². The van der Waals surface area contributed by atoms with Crippen LogP contribution in [0.15, 0.2) is 16.6 Å². The van der Waals surface area contributed by atoms with E-state index in [1.54, 1.807) is 0 Å². The summed E-state index contributed by atoms with van der Waals surface area (Å²) in [6, 6.07) is 3.93. The SMILES string of the molecule is CCOC(=O)c1ccc2c(c1Br)CCCC2. The number of halogens is 1. The van der Waals surface area contributed by atoms with Crippen LogP contribution in [0.5, 0.6) is 0 Å². The van der Waals surface area contributed by atoms with Gasteiger partial charge in [-0.3, -0.25) is 0 Å². The minimum atomic E-state index is -0.234. The van der Waals surface area contributed by atoms with Gasteiger partial charge in [-0.1, -0.05) is 6.07 Å². The van der Waals surface area contributed by atoms with Gasteiger partial charge in [0.2, 0.25) is 0 Å². The molecule has 0 saturated heterocycles. The molecule has 16 heavy (non-hydrogen) atoms. The van der Waals surface area contributed by atoms with Crippen molar-refractivity contribution in [3.8, 4) is 0 Å². The number of fused-ring (bicyclic) bond motifs is 1. The van der Waals surface area contributed by atoms with Crippen molar-refractivity contribution in [2.24, 2.45) is 0 Å². The van der Waals surface area contributed by atoms with E-state index < -0.39 is 0 Å². The molecule has 3 heteroatoms. The van der Waals surface area contributed by atoms with Crippen molar-refractivity contribution in [1.82, 2.24) is 0 Å². The minimum Gasteiger partial charge on any atom is -0.462 e. The second kappa shape index (κ2) is 5.00. The molecule has 0 aliphatic heterocycles. The Kier molecular flexibility index (Phi) is 3.64. The van der Waals surface area contributed by atoms with Gasteiger partial charge in [0.15, 0.2) is 0 Å². The second-order valence-electron chi connectivity index (χ2n) is 3.99. The van der Waals surface area contributed by atoms with Crippen molar-refractivity contribution in [1.29, 1.82) is 0 Å². The first-order valence-corrected chi connectivity index (χ1v) is 6.50. The number of hydrogen-bond acceptors (Lipinski definition) is 2. The number of hydrogen-bond donors (Lipinski definition) is 0. The number of esters is 1. The monoisotopic (exact) mass is 282 g/mol. The molecule has 86 valence electrons. The molecule has 0 atom stereocenters. The molecular formula is C13H15BrO2. The second-order valence-corrected chi connectivity index (χ2v) is 4.79.